The van der Waals surface area contributed by atoms with Crippen LogP contribution in [0, 0.1) is 28.6 Å². The summed E-state index contributed by atoms with van der Waals surface area (Å²) in [6.07, 6.45) is 7.44. The van der Waals surface area contributed by atoms with Crippen LogP contribution in [-0.2, 0) is 0 Å². The Morgan fingerprint density at radius 3 is 2.47 bits per heavy atom. The van der Waals surface area contributed by atoms with Gasteiger partial charge in [0.1, 0.15) is 0 Å². The summed E-state index contributed by atoms with van der Waals surface area (Å²) >= 11 is 0. The van der Waals surface area contributed by atoms with Crippen molar-refractivity contribution < 1.29 is 0 Å². The van der Waals surface area contributed by atoms with Gasteiger partial charge in [0.2, 0.25) is 0 Å². The number of hydrogen-bond donors (Lipinski definition) is 0. The molecular weight excluding hydrogens is 180 g/mol. The normalized spacial score (nSPS) is 49.2. The molecule has 2 aliphatic carbocycles. The fourth-order valence-electron chi connectivity index (χ4n) is 4.56. The average molecular weight is 208 g/mol. The van der Waals surface area contributed by atoms with Gasteiger partial charge in [-0.05, 0) is 54.3 Å². The number of hydrogen-bond acceptors (Lipinski definition) is 0. The Labute approximate surface area is 95.8 Å². The molecule has 4 atom stereocenters. The maximum absolute atomic E-state index is 2.56. The Balaban J connectivity index is 2.03. The van der Waals surface area contributed by atoms with Crippen molar-refractivity contribution in [2.75, 3.05) is 0 Å². The highest BCUT2D eigenvalue weighted by atomic mass is 14.7. The van der Waals surface area contributed by atoms with E-state index in [0.29, 0.717) is 0 Å². The van der Waals surface area contributed by atoms with Crippen LogP contribution in [0.3, 0.4) is 0 Å². The monoisotopic (exact) mass is 208 g/mol. The van der Waals surface area contributed by atoms with Crippen LogP contribution in [-0.4, -0.2) is 0 Å². The van der Waals surface area contributed by atoms with E-state index in [0.717, 1.165) is 28.6 Å². The molecule has 4 unspecified atom stereocenters. The summed E-state index contributed by atoms with van der Waals surface area (Å²) in [6.45, 7) is 12.3. The molecule has 2 aliphatic rings. The summed E-state index contributed by atoms with van der Waals surface area (Å²) in [5, 5.41) is 0. The molecule has 0 amide bonds. The van der Waals surface area contributed by atoms with Crippen molar-refractivity contribution in [1.82, 2.24) is 0 Å². The minimum atomic E-state index is 0.721. The van der Waals surface area contributed by atoms with Crippen molar-refractivity contribution in [3.63, 3.8) is 0 Å². The third-order valence-corrected chi connectivity index (χ3v) is 5.45. The molecule has 0 saturated heterocycles. The average Bonchev–Trinajstić information content (AvgIpc) is 2.68. The zero-order valence-corrected chi connectivity index (χ0v) is 11.3. The molecule has 0 aromatic heterocycles. The van der Waals surface area contributed by atoms with Gasteiger partial charge in [-0.25, -0.2) is 0 Å². The summed E-state index contributed by atoms with van der Waals surface area (Å²) in [5.41, 5.74) is 1.47. The van der Waals surface area contributed by atoms with Crippen molar-refractivity contribution in [1.29, 1.82) is 0 Å². The molecule has 0 aromatic rings. The molecule has 15 heavy (non-hydrogen) atoms. The van der Waals surface area contributed by atoms with Gasteiger partial charge in [-0.15, -0.1) is 0 Å². The van der Waals surface area contributed by atoms with Gasteiger partial charge in [-0.1, -0.05) is 41.0 Å². The van der Waals surface area contributed by atoms with E-state index in [1.165, 1.54) is 32.1 Å². The van der Waals surface area contributed by atoms with Crippen LogP contribution in [0.5, 0.6) is 0 Å². The maximum atomic E-state index is 2.56. The molecule has 88 valence electrons. The fraction of sp³-hybridized carbons (Fsp3) is 1.00. The predicted molar refractivity (Wildman–Crippen MR) is 66.8 cm³/mol. The second-order valence-electron chi connectivity index (χ2n) is 7.27. The molecule has 0 radical (unpaired) electrons. The minimum absolute atomic E-state index is 0.721. The highest BCUT2D eigenvalue weighted by Gasteiger charge is 2.67. The quantitative estimate of drug-likeness (QED) is 0.620. The third-order valence-electron chi connectivity index (χ3n) is 5.45. The standard InChI is InChI=1S/C15H28/c1-11(2)6-7-15-10-14(15,5)9-12(3)8-13(15)4/h11-13H,6-10H2,1-5H3. The van der Waals surface area contributed by atoms with E-state index in [1.807, 2.05) is 0 Å². The first kappa shape index (κ1) is 11.5. The molecule has 0 spiro atoms. The van der Waals surface area contributed by atoms with E-state index in [2.05, 4.69) is 34.6 Å². The third kappa shape index (κ3) is 1.74. The molecule has 2 rings (SSSR count). The Bertz CT molecular complexity index is 242. The maximum Gasteiger partial charge on any atom is -0.0212 e. The van der Waals surface area contributed by atoms with Crippen LogP contribution in [0.2, 0.25) is 0 Å². The lowest BCUT2D eigenvalue weighted by molar-refractivity contribution is 0.120. The van der Waals surface area contributed by atoms with Crippen molar-refractivity contribution in [3.05, 3.63) is 0 Å². The smallest absolute Gasteiger partial charge is 0.0212 e. The number of fused-ring (bicyclic) bond motifs is 1. The Hall–Kier alpha value is 0. The lowest BCUT2D eigenvalue weighted by Crippen LogP contribution is -2.29. The van der Waals surface area contributed by atoms with Gasteiger partial charge in [0.25, 0.3) is 0 Å². The van der Waals surface area contributed by atoms with E-state index in [1.54, 1.807) is 0 Å². The molecule has 0 heteroatoms. The van der Waals surface area contributed by atoms with Gasteiger partial charge in [0, 0.05) is 0 Å². The molecule has 0 aromatic carbocycles. The summed E-state index contributed by atoms with van der Waals surface area (Å²) in [6, 6.07) is 0. The highest BCUT2D eigenvalue weighted by Crippen LogP contribution is 2.76. The fourth-order valence-corrected chi connectivity index (χ4v) is 4.56. The Kier molecular flexibility index (Phi) is 2.68. The van der Waals surface area contributed by atoms with E-state index in [-0.39, 0.29) is 0 Å². The van der Waals surface area contributed by atoms with Crippen LogP contribution < -0.4 is 0 Å². The van der Waals surface area contributed by atoms with E-state index in [9.17, 15) is 0 Å². The summed E-state index contributed by atoms with van der Waals surface area (Å²) in [7, 11) is 0. The van der Waals surface area contributed by atoms with Crippen LogP contribution in [0.1, 0.15) is 66.7 Å². The van der Waals surface area contributed by atoms with Crippen LogP contribution in [0.25, 0.3) is 0 Å². The molecule has 0 nitrogen and oxygen atoms in total. The molecule has 0 aliphatic heterocycles. The van der Waals surface area contributed by atoms with Crippen molar-refractivity contribution in [2.24, 2.45) is 28.6 Å². The topological polar surface area (TPSA) is 0 Å². The summed E-state index contributed by atoms with van der Waals surface area (Å²) in [4.78, 5) is 0. The molecule has 0 heterocycles. The van der Waals surface area contributed by atoms with Crippen molar-refractivity contribution >= 4 is 0 Å². The molecule has 0 N–H and O–H groups in total. The lowest BCUT2D eigenvalue weighted by atomic mass is 9.67. The Morgan fingerprint density at radius 1 is 1.27 bits per heavy atom. The molecule has 2 fully saturated rings. The van der Waals surface area contributed by atoms with Gasteiger partial charge in [-0.3, -0.25) is 0 Å². The van der Waals surface area contributed by atoms with Gasteiger partial charge in [0.05, 0.1) is 0 Å². The van der Waals surface area contributed by atoms with Crippen LogP contribution in [0.15, 0.2) is 0 Å². The second-order valence-corrected chi connectivity index (χ2v) is 7.27. The minimum Gasteiger partial charge on any atom is -0.0628 e. The van der Waals surface area contributed by atoms with Gasteiger partial charge < -0.3 is 0 Å². The van der Waals surface area contributed by atoms with Crippen LogP contribution in [0.4, 0.5) is 0 Å². The first-order valence-electron chi connectivity index (χ1n) is 6.90. The first-order valence-corrected chi connectivity index (χ1v) is 6.90. The van der Waals surface area contributed by atoms with Gasteiger partial charge in [-0.2, -0.15) is 0 Å². The van der Waals surface area contributed by atoms with E-state index < -0.39 is 0 Å². The number of rotatable bonds is 3. The first-order chi connectivity index (χ1) is 6.90. The van der Waals surface area contributed by atoms with Crippen molar-refractivity contribution in [2.45, 2.75) is 66.7 Å². The Morgan fingerprint density at radius 2 is 1.93 bits per heavy atom. The zero-order chi connectivity index (χ0) is 11.3. The van der Waals surface area contributed by atoms with Gasteiger partial charge >= 0.3 is 0 Å². The zero-order valence-electron chi connectivity index (χ0n) is 11.3. The highest BCUT2D eigenvalue weighted by molar-refractivity contribution is 5.16. The molecular formula is C15H28. The van der Waals surface area contributed by atoms with E-state index in [4.69, 9.17) is 0 Å². The van der Waals surface area contributed by atoms with Crippen molar-refractivity contribution in [3.8, 4) is 0 Å². The molecule has 2 saturated carbocycles. The summed E-state index contributed by atoms with van der Waals surface area (Å²) in [5.74, 6) is 2.83. The van der Waals surface area contributed by atoms with Gasteiger partial charge in [0.15, 0.2) is 0 Å². The largest absolute Gasteiger partial charge is 0.0628 e. The summed E-state index contributed by atoms with van der Waals surface area (Å²) < 4.78 is 0. The van der Waals surface area contributed by atoms with Crippen LogP contribution >= 0.6 is 0 Å². The predicted octanol–water partition coefficient (Wildman–Crippen LogP) is 4.89. The lowest BCUT2D eigenvalue weighted by Gasteiger charge is -2.38. The SMILES string of the molecule is CC(C)CCC12CC1(C)CC(C)CC2C. The second kappa shape index (κ2) is 3.50. The van der Waals surface area contributed by atoms with E-state index >= 15 is 0 Å². The molecule has 0 bridgehead atoms.